The molecule has 0 N–H and O–H groups in total. The maximum atomic E-state index is 10.6. The molecule has 0 atom stereocenters. The molecule has 4 heteroatoms. The van der Waals surface area contributed by atoms with E-state index in [0.717, 1.165) is 0 Å². The molecule has 1 heterocycles. The minimum Gasteiger partial charge on any atom is -0.452 e. The molecule has 0 unspecified atom stereocenters. The first-order chi connectivity index (χ1) is 4.34. The highest BCUT2D eigenvalue weighted by molar-refractivity contribution is 8.02. The molecular formula is C5H6NO2S. The first kappa shape index (κ1) is 6.48. The van der Waals surface area contributed by atoms with E-state index < -0.39 is 0 Å². The van der Waals surface area contributed by atoms with Crippen LogP contribution in [0.15, 0.2) is 5.41 Å². The van der Waals surface area contributed by atoms with Gasteiger partial charge in [-0.25, -0.2) is 4.79 Å². The number of nitrogens with zero attached hydrogens (tertiary/aromatic N) is 1. The largest absolute Gasteiger partial charge is 0.452 e. The van der Waals surface area contributed by atoms with Crippen molar-refractivity contribution in [2.24, 2.45) is 0 Å². The summed E-state index contributed by atoms with van der Waals surface area (Å²) in [5.41, 5.74) is 0. The molecule has 1 radical (unpaired) electrons. The summed E-state index contributed by atoms with van der Waals surface area (Å²) in [4.78, 5) is 12.0. The Morgan fingerprint density at radius 1 is 2.00 bits per heavy atom. The lowest BCUT2D eigenvalue weighted by molar-refractivity contribution is 0.144. The molecule has 1 aliphatic heterocycles. The Morgan fingerprint density at radius 2 is 2.78 bits per heavy atom. The summed E-state index contributed by atoms with van der Waals surface area (Å²) < 4.78 is 4.43. The average Bonchev–Trinajstić information content (AvgIpc) is 2.37. The minimum atomic E-state index is -0.351. The first-order valence-electron chi connectivity index (χ1n) is 2.39. The summed E-state index contributed by atoms with van der Waals surface area (Å²) in [6.45, 7) is 0. The Labute approximate surface area is 57.7 Å². The second-order valence-corrected chi connectivity index (χ2v) is 2.27. The van der Waals surface area contributed by atoms with Gasteiger partial charge in [0.1, 0.15) is 0 Å². The van der Waals surface area contributed by atoms with E-state index in [1.807, 2.05) is 0 Å². The van der Waals surface area contributed by atoms with Gasteiger partial charge in [-0.3, -0.25) is 4.90 Å². The van der Waals surface area contributed by atoms with Crippen LogP contribution in [0.4, 0.5) is 4.79 Å². The van der Waals surface area contributed by atoms with Crippen LogP contribution in [0.1, 0.15) is 0 Å². The highest BCUT2D eigenvalue weighted by Crippen LogP contribution is 2.14. The van der Waals surface area contributed by atoms with Gasteiger partial charge in [0.05, 0.1) is 19.2 Å². The molecule has 1 amide bonds. The van der Waals surface area contributed by atoms with E-state index in [9.17, 15) is 4.79 Å². The van der Waals surface area contributed by atoms with Gasteiger partial charge in [0.25, 0.3) is 0 Å². The van der Waals surface area contributed by atoms with Crippen LogP contribution in [0, 0.1) is 6.20 Å². The molecule has 0 bridgehead atoms. The second-order valence-electron chi connectivity index (χ2n) is 1.44. The molecule has 0 aromatic heterocycles. The van der Waals surface area contributed by atoms with Crippen molar-refractivity contribution >= 4 is 17.9 Å². The Bertz CT molecular complexity index is 146. The first-order valence-corrected chi connectivity index (χ1v) is 3.44. The van der Waals surface area contributed by atoms with Crippen molar-refractivity contribution in [2.45, 2.75) is 0 Å². The molecule has 0 aliphatic carbocycles. The quantitative estimate of drug-likeness (QED) is 0.508. The third kappa shape index (κ3) is 1.38. The predicted octanol–water partition coefficient (Wildman–Crippen LogP) is 1.03. The van der Waals surface area contributed by atoms with Gasteiger partial charge in [-0.2, -0.15) is 0 Å². The van der Waals surface area contributed by atoms with Gasteiger partial charge in [0.15, 0.2) is 0 Å². The Morgan fingerprint density at radius 3 is 3.22 bits per heavy atom. The van der Waals surface area contributed by atoms with Gasteiger partial charge in [-0.1, -0.05) is 0 Å². The average molecular weight is 144 g/mol. The van der Waals surface area contributed by atoms with Gasteiger partial charge in [-0.05, 0) is 5.41 Å². The summed E-state index contributed by atoms with van der Waals surface area (Å²) >= 11 is 1.51. The zero-order valence-corrected chi connectivity index (χ0v) is 5.77. The van der Waals surface area contributed by atoms with Crippen LogP contribution in [0.2, 0.25) is 0 Å². The zero-order chi connectivity index (χ0) is 6.69. The molecule has 1 aliphatic rings. The fourth-order valence-corrected chi connectivity index (χ4v) is 1.07. The molecule has 0 saturated carbocycles. The molecule has 0 spiro atoms. The number of ether oxygens (including phenoxy) is 1. The van der Waals surface area contributed by atoms with Gasteiger partial charge < -0.3 is 4.74 Å². The lowest BCUT2D eigenvalue weighted by atomic mass is 10.8. The molecule has 0 fully saturated rings. The van der Waals surface area contributed by atoms with E-state index in [0.29, 0.717) is 5.88 Å². The molecule has 0 aromatic rings. The highest BCUT2D eigenvalue weighted by Gasteiger charge is 2.13. The minimum absolute atomic E-state index is 0.351. The number of methoxy groups -OCH3 is 1. The summed E-state index contributed by atoms with van der Waals surface area (Å²) in [5.74, 6) is 0.618. The number of rotatable bonds is 0. The smallest absolute Gasteiger partial charge is 0.414 e. The van der Waals surface area contributed by atoms with Crippen LogP contribution in [0.25, 0.3) is 0 Å². The van der Waals surface area contributed by atoms with Gasteiger partial charge in [0, 0.05) is 0 Å². The number of amides is 1. The number of hydrogen-bond acceptors (Lipinski definition) is 3. The normalized spacial score (nSPS) is 16.3. The van der Waals surface area contributed by atoms with E-state index in [4.69, 9.17) is 0 Å². The number of carbonyl (C=O) groups excluding carboxylic acids is 1. The summed E-state index contributed by atoms with van der Waals surface area (Å²) in [6.07, 6.45) is 2.35. The monoisotopic (exact) mass is 144 g/mol. The van der Waals surface area contributed by atoms with Crippen LogP contribution in [-0.2, 0) is 4.74 Å². The van der Waals surface area contributed by atoms with Crippen LogP contribution >= 0.6 is 11.8 Å². The van der Waals surface area contributed by atoms with Crippen molar-refractivity contribution < 1.29 is 9.53 Å². The van der Waals surface area contributed by atoms with Crippen molar-refractivity contribution in [3.05, 3.63) is 11.6 Å². The van der Waals surface area contributed by atoms with Crippen molar-refractivity contribution in [1.29, 1.82) is 0 Å². The van der Waals surface area contributed by atoms with Crippen molar-refractivity contribution in [3.63, 3.8) is 0 Å². The van der Waals surface area contributed by atoms with Crippen LogP contribution in [0.3, 0.4) is 0 Å². The predicted molar refractivity (Wildman–Crippen MR) is 34.5 cm³/mol. The SMILES string of the molecule is COC(=O)N1[C]=CSC1. The van der Waals surface area contributed by atoms with E-state index in [2.05, 4.69) is 10.9 Å². The van der Waals surface area contributed by atoms with E-state index >= 15 is 0 Å². The summed E-state index contributed by atoms with van der Waals surface area (Å²) in [5, 5.41) is 1.73. The maximum Gasteiger partial charge on any atom is 0.414 e. The van der Waals surface area contributed by atoms with Crippen LogP contribution in [-0.4, -0.2) is 24.0 Å². The topological polar surface area (TPSA) is 29.5 Å². The molecule has 0 saturated heterocycles. The van der Waals surface area contributed by atoms with Crippen LogP contribution < -0.4 is 0 Å². The fourth-order valence-electron chi connectivity index (χ4n) is 0.466. The fraction of sp³-hybridized carbons (Fsp3) is 0.400. The molecule has 49 valence electrons. The molecule has 1 rings (SSSR count). The van der Waals surface area contributed by atoms with Crippen LogP contribution in [0.5, 0.6) is 0 Å². The Balaban J connectivity index is 2.43. The second kappa shape index (κ2) is 2.77. The number of thioether (sulfide) groups is 1. The summed E-state index contributed by atoms with van der Waals surface area (Å²) in [7, 11) is 1.35. The third-order valence-electron chi connectivity index (χ3n) is 0.891. The standard InChI is InChI=1S/C5H6NO2S/c1-8-5(7)6-2-3-9-4-6/h3H,4H2,1H3. The van der Waals surface area contributed by atoms with Crippen molar-refractivity contribution in [2.75, 3.05) is 13.0 Å². The lowest BCUT2D eigenvalue weighted by Crippen LogP contribution is -2.22. The third-order valence-corrected chi connectivity index (χ3v) is 1.57. The Kier molecular flexibility index (Phi) is 2.00. The number of carbonyl (C=O) groups is 1. The van der Waals surface area contributed by atoms with Gasteiger partial charge >= 0.3 is 6.09 Å². The number of hydrogen-bond donors (Lipinski definition) is 0. The Hall–Kier alpha value is -0.640. The molecule has 9 heavy (non-hydrogen) atoms. The van der Waals surface area contributed by atoms with Gasteiger partial charge in [0.2, 0.25) is 0 Å². The lowest BCUT2D eigenvalue weighted by Gasteiger charge is -2.07. The summed E-state index contributed by atoms with van der Waals surface area (Å²) in [6, 6.07) is 0. The highest BCUT2D eigenvalue weighted by atomic mass is 32.2. The van der Waals surface area contributed by atoms with Crippen molar-refractivity contribution in [1.82, 2.24) is 4.90 Å². The zero-order valence-electron chi connectivity index (χ0n) is 4.96. The van der Waals surface area contributed by atoms with E-state index in [1.54, 1.807) is 5.41 Å². The van der Waals surface area contributed by atoms with E-state index in [1.165, 1.54) is 23.8 Å². The molecular weight excluding hydrogens is 138 g/mol. The molecule has 0 aromatic carbocycles. The molecule has 3 nitrogen and oxygen atoms in total. The van der Waals surface area contributed by atoms with Gasteiger partial charge in [-0.15, -0.1) is 11.8 Å². The maximum absolute atomic E-state index is 10.6. The van der Waals surface area contributed by atoms with E-state index in [-0.39, 0.29) is 6.09 Å². The van der Waals surface area contributed by atoms with Crippen molar-refractivity contribution in [3.8, 4) is 0 Å².